The Morgan fingerprint density at radius 2 is 2.05 bits per heavy atom. The van der Waals surface area contributed by atoms with Crippen LogP contribution in [0, 0.1) is 0 Å². The summed E-state index contributed by atoms with van der Waals surface area (Å²) in [7, 11) is 3.19. The number of benzene rings is 1. The molecule has 0 amide bonds. The molecule has 1 N–H and O–H groups in total. The molecular formula is C14H15NO4S. The van der Waals surface area contributed by atoms with Gasteiger partial charge in [0, 0.05) is 11.8 Å². The fraction of sp³-hybridized carbons (Fsp3) is 0.286. The normalized spacial score (nSPS) is 10.3. The first kappa shape index (κ1) is 14.3. The minimum absolute atomic E-state index is 0.0312. The van der Waals surface area contributed by atoms with Crippen LogP contribution in [0.4, 0.5) is 0 Å². The van der Waals surface area contributed by atoms with E-state index in [1.165, 1.54) is 11.3 Å². The van der Waals surface area contributed by atoms with Crippen molar-refractivity contribution in [3.63, 3.8) is 0 Å². The highest BCUT2D eigenvalue weighted by molar-refractivity contribution is 7.09. The van der Waals surface area contributed by atoms with Gasteiger partial charge in [0.1, 0.15) is 5.01 Å². The average Bonchev–Trinajstić information content (AvgIpc) is 2.85. The highest BCUT2D eigenvalue weighted by atomic mass is 32.1. The Bertz CT molecular complexity index is 609. The monoisotopic (exact) mass is 293 g/mol. The molecule has 5 nitrogen and oxygen atoms in total. The van der Waals surface area contributed by atoms with E-state index in [1.54, 1.807) is 14.2 Å². The summed E-state index contributed by atoms with van der Waals surface area (Å²) in [5, 5.41) is 11.2. The molecule has 0 saturated carbocycles. The number of hydrogen-bond donors (Lipinski definition) is 1. The quantitative estimate of drug-likeness (QED) is 0.885. The molecule has 1 heterocycles. The average molecular weight is 293 g/mol. The van der Waals surface area contributed by atoms with Crippen LogP contribution < -0.4 is 9.47 Å². The predicted octanol–water partition coefficient (Wildman–Crippen LogP) is 2.38. The van der Waals surface area contributed by atoms with Crippen molar-refractivity contribution >= 4 is 17.3 Å². The Kier molecular flexibility index (Phi) is 4.57. The molecule has 0 aliphatic heterocycles. The molecule has 2 rings (SSSR count). The Morgan fingerprint density at radius 3 is 2.70 bits per heavy atom. The molecule has 106 valence electrons. The molecule has 1 aromatic carbocycles. The molecule has 0 saturated heterocycles. The molecule has 0 aliphatic rings. The van der Waals surface area contributed by atoms with E-state index in [2.05, 4.69) is 4.98 Å². The van der Waals surface area contributed by atoms with Crippen LogP contribution in [-0.2, 0) is 17.6 Å². The summed E-state index contributed by atoms with van der Waals surface area (Å²) in [6, 6.07) is 5.69. The highest BCUT2D eigenvalue weighted by Gasteiger charge is 2.09. The summed E-state index contributed by atoms with van der Waals surface area (Å²) in [4.78, 5) is 14.9. The Morgan fingerprint density at radius 1 is 1.30 bits per heavy atom. The SMILES string of the molecule is COc1ccc(Cc2csc(CC(=O)O)n2)cc1OC. The Hall–Kier alpha value is -2.08. The molecule has 20 heavy (non-hydrogen) atoms. The number of aromatic nitrogens is 1. The van der Waals surface area contributed by atoms with Gasteiger partial charge in [-0.2, -0.15) is 0 Å². The molecule has 0 spiro atoms. The fourth-order valence-corrected chi connectivity index (χ4v) is 2.63. The molecule has 0 unspecified atom stereocenters. The van der Waals surface area contributed by atoms with Crippen LogP contribution in [0.25, 0.3) is 0 Å². The number of aliphatic carboxylic acids is 1. The van der Waals surface area contributed by atoms with Crippen molar-refractivity contribution in [1.82, 2.24) is 4.98 Å². The number of carboxylic acid groups (broad SMARTS) is 1. The minimum Gasteiger partial charge on any atom is -0.493 e. The summed E-state index contributed by atoms with van der Waals surface area (Å²) in [6.45, 7) is 0. The number of ether oxygens (including phenoxy) is 2. The van der Waals surface area contributed by atoms with Gasteiger partial charge in [0.25, 0.3) is 0 Å². The van der Waals surface area contributed by atoms with Crippen molar-refractivity contribution in [2.75, 3.05) is 14.2 Å². The zero-order chi connectivity index (χ0) is 14.5. The summed E-state index contributed by atoms with van der Waals surface area (Å²) in [5.74, 6) is 0.490. The summed E-state index contributed by atoms with van der Waals surface area (Å²) in [6.07, 6.45) is 0.604. The summed E-state index contributed by atoms with van der Waals surface area (Å²) < 4.78 is 10.4. The molecular weight excluding hydrogens is 278 g/mol. The first-order valence-electron chi connectivity index (χ1n) is 5.98. The third-order valence-corrected chi connectivity index (χ3v) is 3.63. The Balaban J connectivity index is 2.13. The van der Waals surface area contributed by atoms with Crippen molar-refractivity contribution in [3.8, 4) is 11.5 Å². The molecule has 0 fully saturated rings. The van der Waals surface area contributed by atoms with Crippen LogP contribution in [0.5, 0.6) is 11.5 Å². The van der Waals surface area contributed by atoms with Crippen LogP contribution in [0.3, 0.4) is 0 Å². The number of carbonyl (C=O) groups is 1. The van der Waals surface area contributed by atoms with E-state index in [-0.39, 0.29) is 6.42 Å². The maximum atomic E-state index is 10.6. The van der Waals surface area contributed by atoms with Crippen molar-refractivity contribution in [2.45, 2.75) is 12.8 Å². The van der Waals surface area contributed by atoms with Crippen LogP contribution in [0.1, 0.15) is 16.3 Å². The molecule has 0 bridgehead atoms. The van der Waals surface area contributed by atoms with E-state index in [0.29, 0.717) is 22.9 Å². The van der Waals surface area contributed by atoms with Gasteiger partial charge in [0.15, 0.2) is 11.5 Å². The van der Waals surface area contributed by atoms with Gasteiger partial charge in [0.2, 0.25) is 0 Å². The third kappa shape index (κ3) is 3.48. The van der Waals surface area contributed by atoms with Gasteiger partial charge in [-0.25, -0.2) is 4.98 Å². The second-order valence-electron chi connectivity index (χ2n) is 4.17. The maximum Gasteiger partial charge on any atom is 0.310 e. The lowest BCUT2D eigenvalue weighted by Gasteiger charge is -2.08. The van der Waals surface area contributed by atoms with Crippen molar-refractivity contribution in [3.05, 3.63) is 39.8 Å². The first-order chi connectivity index (χ1) is 9.62. The summed E-state index contributed by atoms with van der Waals surface area (Å²) in [5.41, 5.74) is 1.90. The zero-order valence-corrected chi connectivity index (χ0v) is 12.1. The smallest absolute Gasteiger partial charge is 0.310 e. The van der Waals surface area contributed by atoms with Gasteiger partial charge >= 0.3 is 5.97 Å². The Labute approximate surface area is 120 Å². The number of carboxylic acids is 1. The highest BCUT2D eigenvalue weighted by Crippen LogP contribution is 2.28. The van der Waals surface area contributed by atoms with E-state index < -0.39 is 5.97 Å². The number of hydrogen-bond acceptors (Lipinski definition) is 5. The van der Waals surface area contributed by atoms with Gasteiger partial charge in [-0.05, 0) is 17.7 Å². The molecule has 2 aromatic rings. The number of nitrogens with zero attached hydrogens (tertiary/aromatic N) is 1. The lowest BCUT2D eigenvalue weighted by atomic mass is 10.1. The minimum atomic E-state index is -0.864. The van der Waals surface area contributed by atoms with E-state index in [4.69, 9.17) is 14.6 Å². The third-order valence-electron chi connectivity index (χ3n) is 2.73. The van der Waals surface area contributed by atoms with Gasteiger partial charge in [-0.1, -0.05) is 6.07 Å². The second kappa shape index (κ2) is 6.38. The second-order valence-corrected chi connectivity index (χ2v) is 5.11. The maximum absolute atomic E-state index is 10.6. The van der Waals surface area contributed by atoms with Crippen LogP contribution in [-0.4, -0.2) is 30.3 Å². The van der Waals surface area contributed by atoms with E-state index >= 15 is 0 Å². The lowest BCUT2D eigenvalue weighted by molar-refractivity contribution is -0.136. The number of rotatable bonds is 6. The summed E-state index contributed by atoms with van der Waals surface area (Å²) >= 11 is 1.37. The van der Waals surface area contributed by atoms with Gasteiger partial charge < -0.3 is 14.6 Å². The standard InChI is InChI=1S/C14H15NO4S/c1-18-11-4-3-9(6-12(11)19-2)5-10-8-20-13(15-10)7-14(16)17/h3-4,6,8H,5,7H2,1-2H3,(H,16,17). The topological polar surface area (TPSA) is 68.7 Å². The first-order valence-corrected chi connectivity index (χ1v) is 6.86. The van der Waals surface area contributed by atoms with Gasteiger partial charge in [-0.15, -0.1) is 11.3 Å². The fourth-order valence-electron chi connectivity index (χ4n) is 1.84. The molecule has 0 aliphatic carbocycles. The zero-order valence-electron chi connectivity index (χ0n) is 11.3. The van der Waals surface area contributed by atoms with E-state index in [1.807, 2.05) is 23.6 Å². The largest absolute Gasteiger partial charge is 0.493 e. The van der Waals surface area contributed by atoms with Crippen molar-refractivity contribution < 1.29 is 19.4 Å². The molecule has 0 radical (unpaired) electrons. The van der Waals surface area contributed by atoms with Gasteiger partial charge in [-0.3, -0.25) is 4.79 Å². The lowest BCUT2D eigenvalue weighted by Crippen LogP contribution is -2.00. The predicted molar refractivity (Wildman–Crippen MR) is 75.8 cm³/mol. The van der Waals surface area contributed by atoms with Crippen LogP contribution in [0.2, 0.25) is 0 Å². The van der Waals surface area contributed by atoms with E-state index in [0.717, 1.165) is 11.3 Å². The van der Waals surface area contributed by atoms with E-state index in [9.17, 15) is 4.79 Å². The molecule has 0 atom stereocenters. The van der Waals surface area contributed by atoms with Gasteiger partial charge in [0.05, 0.1) is 26.3 Å². The van der Waals surface area contributed by atoms with Crippen molar-refractivity contribution in [2.24, 2.45) is 0 Å². The number of thiazole rings is 1. The van der Waals surface area contributed by atoms with Crippen molar-refractivity contribution in [1.29, 1.82) is 0 Å². The molecule has 1 aromatic heterocycles. The molecule has 6 heteroatoms. The van der Waals surface area contributed by atoms with Crippen LogP contribution in [0.15, 0.2) is 23.6 Å². The van der Waals surface area contributed by atoms with Crippen LogP contribution >= 0.6 is 11.3 Å². The number of methoxy groups -OCH3 is 2.